The lowest BCUT2D eigenvalue weighted by Gasteiger charge is -2.26. The van der Waals surface area contributed by atoms with Crippen LogP contribution < -0.4 is 0 Å². The van der Waals surface area contributed by atoms with E-state index in [0.29, 0.717) is 28.6 Å². The van der Waals surface area contributed by atoms with Gasteiger partial charge in [0.05, 0.1) is 22.2 Å². The Balaban J connectivity index is 2.22. The summed E-state index contributed by atoms with van der Waals surface area (Å²) < 4.78 is 0. The summed E-state index contributed by atoms with van der Waals surface area (Å²) in [6, 6.07) is 4.42. The molecule has 1 amide bonds. The molecule has 98 valence electrons. The number of benzene rings is 1. The SMILES string of the molecule is O=C(O)N1CCC[C@H]1[C@@H](O)c1ccc(Cl)c(Cl)c1. The second kappa shape index (κ2) is 5.34. The van der Waals surface area contributed by atoms with Crippen molar-refractivity contribution in [1.29, 1.82) is 0 Å². The molecule has 2 rings (SSSR count). The molecule has 0 aromatic heterocycles. The van der Waals surface area contributed by atoms with E-state index >= 15 is 0 Å². The van der Waals surface area contributed by atoms with E-state index in [9.17, 15) is 9.90 Å². The van der Waals surface area contributed by atoms with Crippen molar-refractivity contribution in [3.8, 4) is 0 Å². The van der Waals surface area contributed by atoms with Gasteiger partial charge in [-0.2, -0.15) is 0 Å². The number of hydrogen-bond donors (Lipinski definition) is 2. The van der Waals surface area contributed by atoms with Crippen LogP contribution >= 0.6 is 23.2 Å². The van der Waals surface area contributed by atoms with Crippen molar-refractivity contribution in [3.05, 3.63) is 33.8 Å². The molecule has 0 unspecified atom stereocenters. The van der Waals surface area contributed by atoms with Crippen molar-refractivity contribution in [2.24, 2.45) is 0 Å². The molecule has 2 atom stereocenters. The molecule has 1 saturated heterocycles. The van der Waals surface area contributed by atoms with Crippen molar-refractivity contribution in [2.45, 2.75) is 25.0 Å². The molecule has 1 aliphatic heterocycles. The molecule has 0 spiro atoms. The summed E-state index contributed by atoms with van der Waals surface area (Å²) in [6.45, 7) is 0.457. The van der Waals surface area contributed by atoms with E-state index in [1.54, 1.807) is 18.2 Å². The van der Waals surface area contributed by atoms with Crippen molar-refractivity contribution >= 4 is 29.3 Å². The smallest absolute Gasteiger partial charge is 0.407 e. The Bertz CT molecular complexity index is 467. The number of rotatable bonds is 2. The predicted molar refractivity (Wildman–Crippen MR) is 69.2 cm³/mol. The fourth-order valence-electron chi connectivity index (χ4n) is 2.28. The molecule has 1 fully saturated rings. The van der Waals surface area contributed by atoms with E-state index in [2.05, 4.69) is 0 Å². The van der Waals surface area contributed by atoms with Gasteiger partial charge in [-0.3, -0.25) is 0 Å². The largest absolute Gasteiger partial charge is 0.465 e. The van der Waals surface area contributed by atoms with E-state index in [0.717, 1.165) is 6.42 Å². The maximum absolute atomic E-state index is 11.0. The van der Waals surface area contributed by atoms with Crippen molar-refractivity contribution in [3.63, 3.8) is 0 Å². The first kappa shape index (κ1) is 13.5. The summed E-state index contributed by atoms with van der Waals surface area (Å²) in [7, 11) is 0. The van der Waals surface area contributed by atoms with Crippen LogP contribution in [-0.2, 0) is 0 Å². The lowest BCUT2D eigenvalue weighted by atomic mass is 10.0. The molecule has 4 nitrogen and oxygen atoms in total. The Morgan fingerprint density at radius 3 is 2.72 bits per heavy atom. The lowest BCUT2D eigenvalue weighted by molar-refractivity contribution is 0.0677. The van der Waals surface area contributed by atoms with E-state index in [1.165, 1.54) is 4.90 Å². The minimum Gasteiger partial charge on any atom is -0.465 e. The van der Waals surface area contributed by atoms with Crippen LogP contribution in [0.4, 0.5) is 4.79 Å². The number of aliphatic hydroxyl groups is 1. The summed E-state index contributed by atoms with van der Waals surface area (Å²) in [6.07, 6.45) is -0.474. The summed E-state index contributed by atoms with van der Waals surface area (Å²) in [5.74, 6) is 0. The van der Waals surface area contributed by atoms with Crippen molar-refractivity contribution in [1.82, 2.24) is 4.90 Å². The van der Waals surface area contributed by atoms with Gasteiger partial charge in [0, 0.05) is 6.54 Å². The van der Waals surface area contributed by atoms with Gasteiger partial charge in [0.25, 0.3) is 0 Å². The molecule has 2 N–H and O–H groups in total. The minimum atomic E-state index is -1.00. The molecule has 0 bridgehead atoms. The third kappa shape index (κ3) is 2.55. The minimum absolute atomic E-state index is 0.355. The highest BCUT2D eigenvalue weighted by Crippen LogP contribution is 2.32. The van der Waals surface area contributed by atoms with Gasteiger partial charge in [-0.1, -0.05) is 29.3 Å². The van der Waals surface area contributed by atoms with Crippen LogP contribution in [0.1, 0.15) is 24.5 Å². The number of amides is 1. The third-order valence-electron chi connectivity index (χ3n) is 3.19. The highest BCUT2D eigenvalue weighted by atomic mass is 35.5. The summed E-state index contributed by atoms with van der Waals surface area (Å²) >= 11 is 11.7. The number of likely N-dealkylation sites (tertiary alicyclic amines) is 1. The fourth-order valence-corrected chi connectivity index (χ4v) is 2.58. The average molecular weight is 290 g/mol. The molecule has 6 heteroatoms. The topological polar surface area (TPSA) is 60.8 Å². The first-order valence-electron chi connectivity index (χ1n) is 5.63. The van der Waals surface area contributed by atoms with E-state index in [4.69, 9.17) is 28.3 Å². The van der Waals surface area contributed by atoms with Gasteiger partial charge >= 0.3 is 6.09 Å². The number of carbonyl (C=O) groups is 1. The van der Waals surface area contributed by atoms with Crippen molar-refractivity contribution < 1.29 is 15.0 Å². The highest BCUT2D eigenvalue weighted by molar-refractivity contribution is 6.42. The Labute approximate surface area is 115 Å². The number of carboxylic acid groups (broad SMARTS) is 1. The number of nitrogens with zero attached hydrogens (tertiary/aromatic N) is 1. The zero-order valence-electron chi connectivity index (χ0n) is 9.51. The van der Waals surface area contributed by atoms with Crippen LogP contribution in [0.2, 0.25) is 10.0 Å². The van der Waals surface area contributed by atoms with Gasteiger partial charge in [0.2, 0.25) is 0 Å². The van der Waals surface area contributed by atoms with Gasteiger partial charge in [-0.05, 0) is 30.5 Å². The standard InChI is InChI=1S/C12H13Cl2NO3/c13-8-4-3-7(6-9(8)14)11(16)10-2-1-5-15(10)12(17)18/h3-4,6,10-11,16H,1-2,5H2,(H,17,18)/t10-,11-/m0/s1. The van der Waals surface area contributed by atoms with Gasteiger partial charge in [-0.15, -0.1) is 0 Å². The molecule has 1 heterocycles. The molecule has 0 radical (unpaired) electrons. The van der Waals surface area contributed by atoms with Crippen molar-refractivity contribution in [2.75, 3.05) is 6.54 Å². The fraction of sp³-hybridized carbons (Fsp3) is 0.417. The summed E-state index contributed by atoms with van der Waals surface area (Å²) in [4.78, 5) is 12.3. The number of aliphatic hydroxyl groups excluding tert-OH is 1. The predicted octanol–water partition coefficient (Wildman–Crippen LogP) is 3.17. The van der Waals surface area contributed by atoms with Crippen LogP contribution in [0.3, 0.4) is 0 Å². The molecule has 0 aliphatic carbocycles. The molecule has 1 aliphatic rings. The number of halogens is 2. The van der Waals surface area contributed by atoms with Gasteiger partial charge < -0.3 is 15.1 Å². The molecule has 1 aromatic carbocycles. The normalized spacial score (nSPS) is 21.1. The summed E-state index contributed by atoms with van der Waals surface area (Å²) in [5, 5.41) is 20.1. The van der Waals surface area contributed by atoms with E-state index in [1.807, 2.05) is 0 Å². The zero-order valence-corrected chi connectivity index (χ0v) is 11.0. The monoisotopic (exact) mass is 289 g/mol. The Morgan fingerprint density at radius 1 is 1.39 bits per heavy atom. The molecular formula is C12H13Cl2NO3. The maximum Gasteiger partial charge on any atom is 0.407 e. The van der Waals surface area contributed by atoms with Gasteiger partial charge in [0.1, 0.15) is 0 Å². The van der Waals surface area contributed by atoms with Crippen LogP contribution in [0, 0.1) is 0 Å². The quantitative estimate of drug-likeness (QED) is 0.879. The molecule has 18 heavy (non-hydrogen) atoms. The first-order valence-corrected chi connectivity index (χ1v) is 6.39. The van der Waals surface area contributed by atoms with Gasteiger partial charge in [-0.25, -0.2) is 4.79 Å². The van der Waals surface area contributed by atoms with Gasteiger partial charge in [0.15, 0.2) is 0 Å². The van der Waals surface area contributed by atoms with Crippen LogP contribution in [0.5, 0.6) is 0 Å². The lowest BCUT2D eigenvalue weighted by Crippen LogP contribution is -2.38. The average Bonchev–Trinajstić information content (AvgIpc) is 2.81. The summed E-state index contributed by atoms with van der Waals surface area (Å²) in [5.41, 5.74) is 0.586. The van der Waals surface area contributed by atoms with Crippen LogP contribution in [-0.4, -0.2) is 33.8 Å². The van der Waals surface area contributed by atoms with Crippen LogP contribution in [0.25, 0.3) is 0 Å². The second-order valence-corrected chi connectivity index (χ2v) is 5.12. The Hall–Kier alpha value is -0.970. The Morgan fingerprint density at radius 2 is 2.11 bits per heavy atom. The molecule has 0 saturated carbocycles. The first-order chi connectivity index (χ1) is 8.50. The van der Waals surface area contributed by atoms with Crippen LogP contribution in [0.15, 0.2) is 18.2 Å². The second-order valence-electron chi connectivity index (χ2n) is 4.30. The van der Waals surface area contributed by atoms with E-state index in [-0.39, 0.29) is 0 Å². The maximum atomic E-state index is 11.0. The zero-order chi connectivity index (χ0) is 13.3. The molecular weight excluding hydrogens is 277 g/mol. The number of hydrogen-bond acceptors (Lipinski definition) is 2. The molecule has 1 aromatic rings. The third-order valence-corrected chi connectivity index (χ3v) is 3.93. The Kier molecular flexibility index (Phi) is 4.00. The van der Waals surface area contributed by atoms with E-state index < -0.39 is 18.2 Å². The highest BCUT2D eigenvalue weighted by Gasteiger charge is 2.34.